The first-order valence-corrected chi connectivity index (χ1v) is 9.60. The normalized spacial score (nSPS) is 10.5. The molecule has 0 aliphatic heterocycles. The van der Waals surface area contributed by atoms with Crippen LogP contribution in [0.3, 0.4) is 0 Å². The summed E-state index contributed by atoms with van der Waals surface area (Å²) in [4.78, 5) is 18.3. The minimum absolute atomic E-state index is 0.0122. The van der Waals surface area contributed by atoms with Crippen LogP contribution in [0.25, 0.3) is 0 Å². The Hall–Kier alpha value is -3.16. The minimum atomic E-state index is -0.590. The van der Waals surface area contributed by atoms with Crippen LogP contribution >= 0.6 is 23.4 Å². The highest BCUT2D eigenvalue weighted by Crippen LogP contribution is 2.25. The van der Waals surface area contributed by atoms with E-state index in [2.05, 4.69) is 15.2 Å². The number of halogens is 2. The van der Waals surface area contributed by atoms with Crippen LogP contribution in [-0.2, 0) is 17.9 Å². The van der Waals surface area contributed by atoms with E-state index in [1.807, 2.05) is 6.07 Å². The van der Waals surface area contributed by atoms with Crippen molar-refractivity contribution < 1.29 is 13.6 Å². The molecule has 2 N–H and O–H groups in total. The zero-order valence-electron chi connectivity index (χ0n) is 14.9. The number of nitrogen functional groups attached to an aromatic ring is 1. The van der Waals surface area contributed by atoms with Gasteiger partial charge >= 0.3 is 6.01 Å². The van der Waals surface area contributed by atoms with Crippen LogP contribution in [0.4, 0.5) is 10.4 Å². The van der Waals surface area contributed by atoms with Crippen LogP contribution in [-0.4, -0.2) is 31.7 Å². The third-order valence-corrected chi connectivity index (χ3v) is 5.17. The number of amides is 1. The number of nitrogens with two attached hydrogens (primary N) is 1. The van der Waals surface area contributed by atoms with E-state index in [0.29, 0.717) is 10.0 Å². The Kier molecular flexibility index (Phi) is 6.64. The molecule has 3 aromatic rings. The Morgan fingerprint density at radius 3 is 2.83 bits per heavy atom. The zero-order chi connectivity index (χ0) is 20.8. The molecule has 2 aromatic heterocycles. The van der Waals surface area contributed by atoms with Crippen molar-refractivity contribution >= 4 is 35.3 Å². The highest BCUT2D eigenvalue weighted by molar-refractivity contribution is 8.00. The first kappa shape index (κ1) is 20.6. The standard InChI is InChI=1S/C18H14ClFN6O2S/c19-13-2-1-5-23-17(13)29-10-16(27)26(9-15-24-25-18(22)28-15)8-12-4-3-11(7-21)6-14(12)20/h1-6H,8-10H2,(H2,22,25). The van der Waals surface area contributed by atoms with E-state index < -0.39 is 5.82 Å². The molecule has 1 amide bonds. The van der Waals surface area contributed by atoms with Crippen molar-refractivity contribution in [2.45, 2.75) is 18.1 Å². The van der Waals surface area contributed by atoms with Crippen molar-refractivity contribution in [3.63, 3.8) is 0 Å². The number of rotatable bonds is 7. The molecule has 11 heteroatoms. The molecule has 2 heterocycles. The maximum atomic E-state index is 14.3. The topological polar surface area (TPSA) is 122 Å². The summed E-state index contributed by atoms with van der Waals surface area (Å²) in [6.07, 6.45) is 1.57. The Balaban J connectivity index is 1.77. The molecule has 0 atom stereocenters. The van der Waals surface area contributed by atoms with Crippen molar-refractivity contribution in [2.24, 2.45) is 0 Å². The zero-order valence-corrected chi connectivity index (χ0v) is 16.5. The summed E-state index contributed by atoms with van der Waals surface area (Å²) in [6.45, 7) is -0.117. The number of aromatic nitrogens is 3. The Labute approximate surface area is 174 Å². The fraction of sp³-hybridized carbons (Fsp3) is 0.167. The summed E-state index contributed by atoms with van der Waals surface area (Å²) >= 11 is 7.23. The van der Waals surface area contributed by atoms with Crippen LogP contribution in [0.2, 0.25) is 5.02 Å². The summed E-state index contributed by atoms with van der Waals surface area (Å²) in [5.41, 5.74) is 5.86. The maximum absolute atomic E-state index is 14.3. The molecule has 0 fully saturated rings. The number of carbonyl (C=O) groups excluding carboxylic acids is 1. The number of nitriles is 1. The van der Waals surface area contributed by atoms with Gasteiger partial charge in [-0.1, -0.05) is 34.5 Å². The third kappa shape index (κ3) is 5.43. The molecule has 0 saturated heterocycles. The van der Waals surface area contributed by atoms with Crippen molar-refractivity contribution in [3.05, 3.63) is 64.4 Å². The molecular formula is C18H14ClFN6O2S. The Bertz CT molecular complexity index is 1070. The number of carbonyl (C=O) groups is 1. The van der Waals surface area contributed by atoms with Crippen LogP contribution < -0.4 is 5.73 Å². The maximum Gasteiger partial charge on any atom is 0.312 e. The molecule has 29 heavy (non-hydrogen) atoms. The van der Waals surface area contributed by atoms with Crippen LogP contribution in [0.15, 0.2) is 46.0 Å². The molecule has 148 valence electrons. The fourth-order valence-electron chi connectivity index (χ4n) is 2.38. The number of nitrogens with zero attached hydrogens (tertiary/aromatic N) is 5. The molecule has 8 nitrogen and oxygen atoms in total. The van der Waals surface area contributed by atoms with E-state index in [1.165, 1.54) is 17.0 Å². The summed E-state index contributed by atoms with van der Waals surface area (Å²) < 4.78 is 19.4. The van der Waals surface area contributed by atoms with E-state index in [-0.39, 0.29) is 47.8 Å². The smallest absolute Gasteiger partial charge is 0.312 e. The third-order valence-electron chi connectivity index (χ3n) is 3.76. The average molecular weight is 433 g/mol. The van der Waals surface area contributed by atoms with Gasteiger partial charge in [0.05, 0.1) is 29.0 Å². The quantitative estimate of drug-likeness (QED) is 0.565. The van der Waals surface area contributed by atoms with Gasteiger partial charge in [0.25, 0.3) is 0 Å². The van der Waals surface area contributed by atoms with Gasteiger partial charge in [-0.05, 0) is 24.3 Å². The fourth-order valence-corrected chi connectivity index (χ4v) is 3.44. The second-order valence-electron chi connectivity index (χ2n) is 5.78. The van der Waals surface area contributed by atoms with Gasteiger partial charge in [-0.25, -0.2) is 9.37 Å². The van der Waals surface area contributed by atoms with Gasteiger partial charge in [0, 0.05) is 18.3 Å². The number of thioether (sulfide) groups is 1. The Morgan fingerprint density at radius 1 is 1.34 bits per heavy atom. The molecule has 0 bridgehead atoms. The number of benzene rings is 1. The summed E-state index contributed by atoms with van der Waals surface area (Å²) in [6, 6.07) is 9.15. The lowest BCUT2D eigenvalue weighted by molar-refractivity contribution is -0.129. The first-order chi connectivity index (χ1) is 14.0. The SMILES string of the molecule is N#Cc1ccc(CN(Cc2nnc(N)o2)C(=O)CSc2ncccc2Cl)c(F)c1. The van der Waals surface area contributed by atoms with E-state index in [0.717, 1.165) is 17.8 Å². The van der Waals surface area contributed by atoms with Crippen molar-refractivity contribution in [1.29, 1.82) is 5.26 Å². The van der Waals surface area contributed by atoms with E-state index >= 15 is 0 Å². The van der Waals surface area contributed by atoms with Gasteiger partial charge in [0.15, 0.2) is 0 Å². The summed E-state index contributed by atoms with van der Waals surface area (Å²) in [7, 11) is 0. The lowest BCUT2D eigenvalue weighted by atomic mass is 10.1. The second kappa shape index (κ2) is 9.36. The molecule has 0 spiro atoms. The number of anilines is 1. The number of pyridine rings is 1. The molecule has 0 radical (unpaired) electrons. The van der Waals surface area contributed by atoms with Gasteiger partial charge in [-0.3, -0.25) is 4.79 Å². The van der Waals surface area contributed by atoms with E-state index in [1.54, 1.807) is 18.3 Å². The van der Waals surface area contributed by atoms with Gasteiger partial charge in [0.1, 0.15) is 10.8 Å². The largest absolute Gasteiger partial charge is 0.406 e. The number of hydrogen-bond acceptors (Lipinski definition) is 8. The van der Waals surface area contributed by atoms with Crippen LogP contribution in [0, 0.1) is 17.1 Å². The minimum Gasteiger partial charge on any atom is -0.406 e. The summed E-state index contributed by atoms with van der Waals surface area (Å²) in [5, 5.41) is 17.1. The van der Waals surface area contributed by atoms with Gasteiger partial charge < -0.3 is 15.1 Å². The molecule has 0 saturated carbocycles. The van der Waals surface area contributed by atoms with Crippen LogP contribution in [0.5, 0.6) is 0 Å². The van der Waals surface area contributed by atoms with Crippen LogP contribution in [0.1, 0.15) is 17.0 Å². The van der Waals surface area contributed by atoms with Crippen molar-refractivity contribution in [3.8, 4) is 6.07 Å². The predicted octanol–water partition coefficient (Wildman–Crippen LogP) is 3.03. The highest BCUT2D eigenvalue weighted by Gasteiger charge is 2.20. The van der Waals surface area contributed by atoms with E-state index in [4.69, 9.17) is 27.0 Å². The summed E-state index contributed by atoms with van der Waals surface area (Å²) in [5.74, 6) is -0.784. The van der Waals surface area contributed by atoms with Gasteiger partial charge in [0.2, 0.25) is 11.8 Å². The molecular weight excluding hydrogens is 419 g/mol. The molecule has 0 aliphatic carbocycles. The molecule has 3 rings (SSSR count). The predicted molar refractivity (Wildman–Crippen MR) is 104 cm³/mol. The highest BCUT2D eigenvalue weighted by atomic mass is 35.5. The van der Waals surface area contributed by atoms with Crippen molar-refractivity contribution in [1.82, 2.24) is 20.1 Å². The molecule has 0 aliphatic rings. The second-order valence-corrected chi connectivity index (χ2v) is 7.15. The average Bonchev–Trinajstić information content (AvgIpc) is 3.12. The monoisotopic (exact) mass is 432 g/mol. The first-order valence-electron chi connectivity index (χ1n) is 8.23. The Morgan fingerprint density at radius 2 is 2.17 bits per heavy atom. The lowest BCUT2D eigenvalue weighted by Gasteiger charge is -2.21. The number of hydrogen-bond donors (Lipinski definition) is 1. The van der Waals surface area contributed by atoms with E-state index in [9.17, 15) is 9.18 Å². The van der Waals surface area contributed by atoms with Gasteiger partial charge in [-0.2, -0.15) is 5.26 Å². The van der Waals surface area contributed by atoms with Gasteiger partial charge in [-0.15, -0.1) is 5.10 Å². The van der Waals surface area contributed by atoms with Crippen molar-refractivity contribution in [2.75, 3.05) is 11.5 Å². The lowest BCUT2D eigenvalue weighted by Crippen LogP contribution is -2.32. The molecule has 0 unspecified atom stereocenters. The molecule has 1 aromatic carbocycles.